The third kappa shape index (κ3) is 4.23. The van der Waals surface area contributed by atoms with Crippen molar-refractivity contribution in [2.24, 2.45) is 5.73 Å². The monoisotopic (exact) mass is 329 g/mol. The van der Waals surface area contributed by atoms with E-state index < -0.39 is 0 Å². The van der Waals surface area contributed by atoms with Crippen molar-refractivity contribution >= 4 is 23.2 Å². The van der Waals surface area contributed by atoms with Crippen LogP contribution in [0.5, 0.6) is 11.5 Å². The van der Waals surface area contributed by atoms with E-state index in [4.69, 9.17) is 15.2 Å². The Bertz CT molecular complexity index is 746. The Balaban J connectivity index is 2.20. The predicted octanol–water partition coefficient (Wildman–Crippen LogP) is 1.85. The molecule has 2 aromatic rings. The molecule has 4 N–H and O–H groups in total. The molecule has 2 aromatic carbocycles. The van der Waals surface area contributed by atoms with Crippen LogP contribution in [0.25, 0.3) is 0 Å². The zero-order chi connectivity index (χ0) is 17.5. The normalized spacial score (nSPS) is 9.96. The maximum atomic E-state index is 12.3. The van der Waals surface area contributed by atoms with Crippen molar-refractivity contribution < 1.29 is 19.1 Å². The first-order chi connectivity index (χ1) is 11.6. The molecule has 126 valence electrons. The first-order valence-corrected chi connectivity index (χ1v) is 7.20. The molecular weight excluding hydrogens is 310 g/mol. The van der Waals surface area contributed by atoms with E-state index in [1.165, 1.54) is 14.2 Å². The smallest absolute Gasteiger partial charge is 0.255 e. The summed E-state index contributed by atoms with van der Waals surface area (Å²) in [6, 6.07) is 11.7. The molecule has 7 heteroatoms. The van der Waals surface area contributed by atoms with Crippen molar-refractivity contribution in [3.05, 3.63) is 48.0 Å². The maximum Gasteiger partial charge on any atom is 0.255 e. The van der Waals surface area contributed by atoms with Gasteiger partial charge in [0.2, 0.25) is 5.91 Å². The number of hydrogen-bond donors (Lipinski definition) is 3. The van der Waals surface area contributed by atoms with Gasteiger partial charge in [-0.25, -0.2) is 0 Å². The largest absolute Gasteiger partial charge is 0.497 e. The van der Waals surface area contributed by atoms with Crippen molar-refractivity contribution in [2.75, 3.05) is 31.4 Å². The zero-order valence-electron chi connectivity index (χ0n) is 13.5. The van der Waals surface area contributed by atoms with Crippen LogP contribution in [0.2, 0.25) is 0 Å². The number of hydrogen-bond acceptors (Lipinski definition) is 5. The topological polar surface area (TPSA) is 103 Å². The van der Waals surface area contributed by atoms with Crippen LogP contribution in [-0.4, -0.2) is 32.6 Å². The van der Waals surface area contributed by atoms with Crippen LogP contribution in [0.15, 0.2) is 42.5 Å². The molecule has 0 fully saturated rings. The molecule has 7 nitrogen and oxygen atoms in total. The average Bonchev–Trinajstić information content (AvgIpc) is 2.61. The lowest BCUT2D eigenvalue weighted by molar-refractivity contribution is -0.114. The van der Waals surface area contributed by atoms with Crippen LogP contribution >= 0.6 is 0 Å². The molecular formula is C17H19N3O4. The highest BCUT2D eigenvalue weighted by molar-refractivity contribution is 6.05. The fourth-order valence-electron chi connectivity index (χ4n) is 2.05. The van der Waals surface area contributed by atoms with Crippen molar-refractivity contribution in [3.8, 4) is 11.5 Å². The summed E-state index contributed by atoms with van der Waals surface area (Å²) in [6.45, 7) is -0.149. The molecule has 0 unspecified atom stereocenters. The number of methoxy groups -OCH3 is 2. The van der Waals surface area contributed by atoms with Gasteiger partial charge in [0.1, 0.15) is 11.5 Å². The zero-order valence-corrected chi connectivity index (χ0v) is 13.5. The molecule has 0 aromatic heterocycles. The van der Waals surface area contributed by atoms with Crippen molar-refractivity contribution in [3.63, 3.8) is 0 Å². The van der Waals surface area contributed by atoms with E-state index in [-0.39, 0.29) is 18.4 Å². The van der Waals surface area contributed by atoms with E-state index in [9.17, 15) is 9.59 Å². The molecule has 0 bridgehead atoms. The summed E-state index contributed by atoms with van der Waals surface area (Å²) >= 11 is 0. The third-order valence-electron chi connectivity index (χ3n) is 3.25. The van der Waals surface area contributed by atoms with Crippen LogP contribution in [0, 0.1) is 0 Å². The summed E-state index contributed by atoms with van der Waals surface area (Å²) in [5.41, 5.74) is 6.69. The second-order valence-electron chi connectivity index (χ2n) is 4.85. The van der Waals surface area contributed by atoms with Crippen LogP contribution in [0.1, 0.15) is 10.4 Å². The van der Waals surface area contributed by atoms with E-state index in [2.05, 4.69) is 10.6 Å². The molecule has 2 rings (SSSR count). The molecule has 0 atom stereocenters. The van der Waals surface area contributed by atoms with Gasteiger partial charge in [0, 0.05) is 11.3 Å². The number of amides is 2. The highest BCUT2D eigenvalue weighted by atomic mass is 16.5. The standard InChI is InChI=1S/C17H19N3O4/c1-23-13-5-3-4-11(8-13)17(22)19-12-6-7-15(24-2)14(9-12)20-16(21)10-18/h3-9H,10,18H2,1-2H3,(H,19,22)(H,20,21). The molecule has 0 aliphatic rings. The Morgan fingerprint density at radius 3 is 2.50 bits per heavy atom. The molecule has 0 aliphatic heterocycles. The molecule has 0 saturated carbocycles. The van der Waals surface area contributed by atoms with Crippen LogP contribution in [0.4, 0.5) is 11.4 Å². The Morgan fingerprint density at radius 1 is 1.04 bits per heavy atom. The lowest BCUT2D eigenvalue weighted by atomic mass is 10.2. The SMILES string of the molecule is COc1cccc(C(=O)Nc2ccc(OC)c(NC(=O)CN)c2)c1. The second-order valence-corrected chi connectivity index (χ2v) is 4.85. The molecule has 0 aliphatic carbocycles. The number of anilines is 2. The van der Waals surface area contributed by atoms with Gasteiger partial charge in [0.05, 0.1) is 26.5 Å². The quantitative estimate of drug-likeness (QED) is 0.750. The number of ether oxygens (including phenoxy) is 2. The number of rotatable bonds is 6. The van der Waals surface area contributed by atoms with Crippen LogP contribution in [0.3, 0.4) is 0 Å². The van der Waals surface area contributed by atoms with E-state index in [1.54, 1.807) is 42.5 Å². The van der Waals surface area contributed by atoms with Gasteiger partial charge in [-0.1, -0.05) is 6.07 Å². The first kappa shape index (κ1) is 17.3. The molecule has 0 spiro atoms. The van der Waals surface area contributed by atoms with Gasteiger partial charge in [0.15, 0.2) is 0 Å². The van der Waals surface area contributed by atoms with Gasteiger partial charge in [-0.05, 0) is 36.4 Å². The molecule has 0 heterocycles. The fraction of sp³-hybridized carbons (Fsp3) is 0.176. The summed E-state index contributed by atoms with van der Waals surface area (Å²) in [7, 11) is 3.02. The molecule has 0 radical (unpaired) electrons. The van der Waals surface area contributed by atoms with Gasteiger partial charge >= 0.3 is 0 Å². The number of nitrogens with one attached hydrogen (secondary N) is 2. The Hall–Kier alpha value is -3.06. The number of carbonyl (C=O) groups is 2. The Labute approximate surface area is 139 Å². The first-order valence-electron chi connectivity index (χ1n) is 7.20. The highest BCUT2D eigenvalue weighted by Crippen LogP contribution is 2.28. The predicted molar refractivity (Wildman–Crippen MR) is 91.6 cm³/mol. The van der Waals surface area contributed by atoms with Crippen molar-refractivity contribution in [1.82, 2.24) is 0 Å². The number of benzene rings is 2. The van der Waals surface area contributed by atoms with Gasteiger partial charge in [0.25, 0.3) is 5.91 Å². The van der Waals surface area contributed by atoms with E-state index in [0.29, 0.717) is 28.4 Å². The minimum Gasteiger partial charge on any atom is -0.497 e. The van der Waals surface area contributed by atoms with Gasteiger partial charge in [-0.15, -0.1) is 0 Å². The van der Waals surface area contributed by atoms with Gasteiger partial charge < -0.3 is 25.8 Å². The molecule has 24 heavy (non-hydrogen) atoms. The fourth-order valence-corrected chi connectivity index (χ4v) is 2.05. The summed E-state index contributed by atoms with van der Waals surface area (Å²) in [6.07, 6.45) is 0. The Kier molecular flexibility index (Phi) is 5.75. The molecule has 2 amide bonds. The lowest BCUT2D eigenvalue weighted by Gasteiger charge is -2.12. The van der Waals surface area contributed by atoms with Crippen molar-refractivity contribution in [1.29, 1.82) is 0 Å². The van der Waals surface area contributed by atoms with Gasteiger partial charge in [-0.2, -0.15) is 0 Å². The minimum absolute atomic E-state index is 0.149. The summed E-state index contributed by atoms with van der Waals surface area (Å²) in [5.74, 6) is 0.407. The van der Waals surface area contributed by atoms with E-state index >= 15 is 0 Å². The van der Waals surface area contributed by atoms with E-state index in [0.717, 1.165) is 0 Å². The van der Waals surface area contributed by atoms with Gasteiger partial charge in [-0.3, -0.25) is 9.59 Å². The van der Waals surface area contributed by atoms with Crippen LogP contribution < -0.4 is 25.8 Å². The lowest BCUT2D eigenvalue weighted by Crippen LogP contribution is -2.22. The van der Waals surface area contributed by atoms with E-state index in [1.807, 2.05) is 0 Å². The highest BCUT2D eigenvalue weighted by Gasteiger charge is 2.11. The summed E-state index contributed by atoms with van der Waals surface area (Å²) in [5, 5.41) is 5.38. The summed E-state index contributed by atoms with van der Waals surface area (Å²) < 4.78 is 10.3. The van der Waals surface area contributed by atoms with Crippen LogP contribution in [-0.2, 0) is 4.79 Å². The number of carbonyl (C=O) groups excluding carboxylic acids is 2. The Morgan fingerprint density at radius 2 is 1.83 bits per heavy atom. The maximum absolute atomic E-state index is 12.3. The minimum atomic E-state index is -0.357. The number of nitrogens with two attached hydrogens (primary N) is 1. The third-order valence-corrected chi connectivity index (χ3v) is 3.25. The molecule has 0 saturated heterocycles. The average molecular weight is 329 g/mol. The summed E-state index contributed by atoms with van der Waals surface area (Å²) in [4.78, 5) is 23.8. The van der Waals surface area contributed by atoms with Crippen molar-refractivity contribution in [2.45, 2.75) is 0 Å². The second kappa shape index (κ2) is 7.98.